The van der Waals surface area contributed by atoms with Crippen molar-refractivity contribution in [2.75, 3.05) is 18.0 Å². The number of amides is 2. The normalized spacial score (nSPS) is 17.3. The SMILES string of the molecule is Cc1cc(C(=O)NCc2ccc(N3CCC[C@@H](C(N)=O)C3)cc2)on1. The molecule has 2 amide bonds. The second-order valence-electron chi connectivity index (χ2n) is 6.37. The number of hydrogen-bond acceptors (Lipinski definition) is 5. The van der Waals surface area contributed by atoms with Crippen molar-refractivity contribution in [2.24, 2.45) is 11.7 Å². The number of nitrogens with two attached hydrogens (primary N) is 1. The Balaban J connectivity index is 1.57. The zero-order valence-electron chi connectivity index (χ0n) is 14.2. The Morgan fingerprint density at radius 3 is 2.76 bits per heavy atom. The Bertz CT molecular complexity index is 754. The highest BCUT2D eigenvalue weighted by atomic mass is 16.5. The van der Waals surface area contributed by atoms with Crippen molar-refractivity contribution in [3.05, 3.63) is 47.3 Å². The van der Waals surface area contributed by atoms with Gasteiger partial charge in [-0.2, -0.15) is 0 Å². The van der Waals surface area contributed by atoms with Gasteiger partial charge in [-0.25, -0.2) is 0 Å². The largest absolute Gasteiger partial charge is 0.371 e. The van der Waals surface area contributed by atoms with Gasteiger partial charge in [-0.05, 0) is 37.5 Å². The molecule has 3 rings (SSSR count). The van der Waals surface area contributed by atoms with Gasteiger partial charge in [0.05, 0.1) is 11.6 Å². The van der Waals surface area contributed by atoms with Gasteiger partial charge in [0.1, 0.15) is 0 Å². The summed E-state index contributed by atoms with van der Waals surface area (Å²) < 4.78 is 4.94. The maximum Gasteiger partial charge on any atom is 0.290 e. The lowest BCUT2D eigenvalue weighted by molar-refractivity contribution is -0.122. The molecule has 132 valence electrons. The first kappa shape index (κ1) is 17.0. The van der Waals surface area contributed by atoms with E-state index < -0.39 is 0 Å². The summed E-state index contributed by atoms with van der Waals surface area (Å²) >= 11 is 0. The van der Waals surface area contributed by atoms with Crippen molar-refractivity contribution in [3.63, 3.8) is 0 Å². The van der Waals surface area contributed by atoms with E-state index in [9.17, 15) is 9.59 Å². The van der Waals surface area contributed by atoms with Crippen LogP contribution in [0.3, 0.4) is 0 Å². The first-order chi connectivity index (χ1) is 12.0. The lowest BCUT2D eigenvalue weighted by Gasteiger charge is -2.33. The first-order valence-corrected chi connectivity index (χ1v) is 8.37. The zero-order chi connectivity index (χ0) is 17.8. The molecule has 1 saturated heterocycles. The van der Waals surface area contributed by atoms with Crippen molar-refractivity contribution in [3.8, 4) is 0 Å². The van der Waals surface area contributed by atoms with Gasteiger partial charge < -0.3 is 20.5 Å². The molecule has 1 aromatic heterocycles. The van der Waals surface area contributed by atoms with Crippen molar-refractivity contribution in [1.29, 1.82) is 0 Å². The number of carbonyl (C=O) groups excluding carboxylic acids is 2. The Morgan fingerprint density at radius 2 is 2.12 bits per heavy atom. The van der Waals surface area contributed by atoms with Crippen molar-refractivity contribution in [2.45, 2.75) is 26.3 Å². The first-order valence-electron chi connectivity index (χ1n) is 8.37. The van der Waals surface area contributed by atoms with Gasteiger partial charge in [-0.1, -0.05) is 17.3 Å². The number of aryl methyl sites for hydroxylation is 1. The van der Waals surface area contributed by atoms with Crippen LogP contribution in [0.2, 0.25) is 0 Å². The molecule has 1 aliphatic heterocycles. The van der Waals surface area contributed by atoms with Crippen LogP contribution < -0.4 is 16.0 Å². The fourth-order valence-corrected chi connectivity index (χ4v) is 3.01. The molecule has 0 radical (unpaired) electrons. The van der Waals surface area contributed by atoms with Gasteiger partial charge in [-0.15, -0.1) is 0 Å². The quantitative estimate of drug-likeness (QED) is 0.860. The Morgan fingerprint density at radius 1 is 1.36 bits per heavy atom. The van der Waals surface area contributed by atoms with E-state index in [1.807, 2.05) is 24.3 Å². The molecule has 25 heavy (non-hydrogen) atoms. The standard InChI is InChI=1S/C18H22N4O3/c1-12-9-16(25-21-12)18(24)20-10-13-4-6-15(7-5-13)22-8-2-3-14(11-22)17(19)23/h4-7,9,14H,2-3,8,10-11H2,1H3,(H2,19,23)(H,20,24)/t14-/m1/s1. The Labute approximate surface area is 146 Å². The van der Waals surface area contributed by atoms with Crippen LogP contribution >= 0.6 is 0 Å². The number of piperidine rings is 1. The number of rotatable bonds is 5. The molecule has 3 N–H and O–H groups in total. The third kappa shape index (κ3) is 4.17. The average Bonchev–Trinajstić information content (AvgIpc) is 3.07. The van der Waals surface area contributed by atoms with E-state index in [4.69, 9.17) is 10.3 Å². The molecule has 2 aromatic rings. The van der Waals surface area contributed by atoms with Crippen molar-refractivity contribution < 1.29 is 14.1 Å². The maximum atomic E-state index is 11.9. The number of hydrogen-bond donors (Lipinski definition) is 2. The summed E-state index contributed by atoms with van der Waals surface area (Å²) in [4.78, 5) is 25.5. The summed E-state index contributed by atoms with van der Waals surface area (Å²) in [5.41, 5.74) is 8.15. The van der Waals surface area contributed by atoms with E-state index in [1.165, 1.54) is 0 Å². The fourth-order valence-electron chi connectivity index (χ4n) is 3.01. The molecule has 2 heterocycles. The zero-order valence-corrected chi connectivity index (χ0v) is 14.2. The van der Waals surface area contributed by atoms with E-state index >= 15 is 0 Å². The molecule has 0 unspecified atom stereocenters. The molecule has 1 fully saturated rings. The van der Waals surface area contributed by atoms with Crippen LogP contribution in [0, 0.1) is 12.8 Å². The third-order valence-electron chi connectivity index (χ3n) is 4.43. The lowest BCUT2D eigenvalue weighted by Crippen LogP contribution is -2.41. The summed E-state index contributed by atoms with van der Waals surface area (Å²) in [5, 5.41) is 6.50. The molecule has 0 saturated carbocycles. The number of nitrogens with one attached hydrogen (secondary N) is 1. The van der Waals surface area contributed by atoms with E-state index in [0.717, 1.165) is 30.6 Å². The molecule has 1 atom stereocenters. The minimum Gasteiger partial charge on any atom is -0.371 e. The molecule has 1 aromatic carbocycles. The predicted octanol–water partition coefficient (Wildman–Crippen LogP) is 1.61. The van der Waals surface area contributed by atoms with Crippen LogP contribution in [0.4, 0.5) is 5.69 Å². The minimum atomic E-state index is -0.287. The van der Waals surface area contributed by atoms with Gasteiger partial charge in [0.15, 0.2) is 0 Å². The van der Waals surface area contributed by atoms with Crippen molar-refractivity contribution in [1.82, 2.24) is 10.5 Å². The van der Waals surface area contributed by atoms with Gasteiger partial charge in [-0.3, -0.25) is 9.59 Å². The average molecular weight is 342 g/mol. The predicted molar refractivity (Wildman–Crippen MR) is 93.0 cm³/mol. The van der Waals surface area contributed by atoms with Crippen LogP contribution in [0.25, 0.3) is 0 Å². The van der Waals surface area contributed by atoms with Gasteiger partial charge >= 0.3 is 0 Å². The van der Waals surface area contributed by atoms with Crippen LogP contribution in [0.15, 0.2) is 34.9 Å². The highest BCUT2D eigenvalue weighted by Crippen LogP contribution is 2.23. The molecule has 0 bridgehead atoms. The summed E-state index contributed by atoms with van der Waals surface area (Å²) in [5.74, 6) is -0.394. The van der Waals surface area contributed by atoms with Gasteiger partial charge in [0, 0.05) is 31.4 Å². The minimum absolute atomic E-state index is 0.0851. The van der Waals surface area contributed by atoms with E-state index in [0.29, 0.717) is 18.8 Å². The van der Waals surface area contributed by atoms with E-state index in [2.05, 4.69) is 15.4 Å². The van der Waals surface area contributed by atoms with Crippen LogP contribution in [-0.2, 0) is 11.3 Å². The van der Waals surface area contributed by atoms with Crippen molar-refractivity contribution >= 4 is 17.5 Å². The third-order valence-corrected chi connectivity index (χ3v) is 4.43. The molecule has 7 nitrogen and oxygen atoms in total. The number of anilines is 1. The highest BCUT2D eigenvalue weighted by Gasteiger charge is 2.24. The summed E-state index contributed by atoms with van der Waals surface area (Å²) in [6.45, 7) is 3.76. The Hall–Kier alpha value is -2.83. The summed E-state index contributed by atoms with van der Waals surface area (Å²) in [7, 11) is 0. The Kier molecular flexibility index (Phi) is 5.02. The molecule has 0 aliphatic carbocycles. The second-order valence-corrected chi connectivity index (χ2v) is 6.37. The lowest BCUT2D eigenvalue weighted by atomic mass is 9.97. The van der Waals surface area contributed by atoms with Gasteiger partial charge in [0.2, 0.25) is 11.7 Å². The molecule has 0 spiro atoms. The topological polar surface area (TPSA) is 101 Å². The molecular formula is C18H22N4O3. The highest BCUT2D eigenvalue weighted by molar-refractivity contribution is 5.91. The maximum absolute atomic E-state index is 11.9. The van der Waals surface area contributed by atoms with E-state index in [1.54, 1.807) is 13.0 Å². The number of primary amides is 1. The summed E-state index contributed by atoms with van der Waals surface area (Å²) in [6.07, 6.45) is 1.82. The molecule has 7 heteroatoms. The molecule has 1 aliphatic rings. The number of nitrogens with zero attached hydrogens (tertiary/aromatic N) is 2. The van der Waals surface area contributed by atoms with Crippen LogP contribution in [0.5, 0.6) is 0 Å². The fraction of sp³-hybridized carbons (Fsp3) is 0.389. The van der Waals surface area contributed by atoms with Crippen LogP contribution in [-0.4, -0.2) is 30.1 Å². The van der Waals surface area contributed by atoms with Gasteiger partial charge in [0.25, 0.3) is 5.91 Å². The second kappa shape index (κ2) is 7.38. The number of benzene rings is 1. The monoisotopic (exact) mass is 342 g/mol. The number of carbonyl (C=O) groups is 2. The smallest absolute Gasteiger partial charge is 0.290 e. The van der Waals surface area contributed by atoms with Crippen LogP contribution in [0.1, 0.15) is 34.7 Å². The number of aromatic nitrogens is 1. The summed E-state index contributed by atoms with van der Waals surface area (Å²) in [6, 6.07) is 9.54. The molecular weight excluding hydrogens is 320 g/mol. The van der Waals surface area contributed by atoms with E-state index in [-0.39, 0.29) is 23.5 Å².